The van der Waals surface area contributed by atoms with Crippen LogP contribution in [0, 0.1) is 27.7 Å². The van der Waals surface area contributed by atoms with Crippen molar-refractivity contribution in [2.75, 3.05) is 5.32 Å². The molecule has 0 aliphatic heterocycles. The van der Waals surface area contributed by atoms with Gasteiger partial charge >= 0.3 is 0 Å². The number of carbonyl (C=O) groups is 1. The van der Waals surface area contributed by atoms with Gasteiger partial charge < -0.3 is 5.32 Å². The van der Waals surface area contributed by atoms with Crippen molar-refractivity contribution in [3.05, 3.63) is 89.0 Å². The summed E-state index contributed by atoms with van der Waals surface area (Å²) in [5.74, 6) is 0.859. The van der Waals surface area contributed by atoms with Crippen LogP contribution in [0.25, 0.3) is 22.5 Å². The van der Waals surface area contributed by atoms with Crippen LogP contribution in [0.4, 0.5) is 5.82 Å². The monoisotopic (exact) mass is 437 g/mol. The van der Waals surface area contributed by atoms with Gasteiger partial charge in [0.2, 0.25) is 0 Å². The molecule has 0 atom stereocenters. The van der Waals surface area contributed by atoms with Crippen molar-refractivity contribution in [1.82, 2.24) is 29.5 Å². The van der Waals surface area contributed by atoms with Gasteiger partial charge in [-0.2, -0.15) is 14.9 Å². The molecule has 0 saturated carbocycles. The molecule has 8 nitrogen and oxygen atoms in total. The van der Waals surface area contributed by atoms with Crippen LogP contribution in [0.3, 0.4) is 0 Å². The number of benzene rings is 2. The number of nitrogens with zero attached hydrogens (tertiary/aromatic N) is 6. The summed E-state index contributed by atoms with van der Waals surface area (Å²) in [4.78, 5) is 21.8. The van der Waals surface area contributed by atoms with Crippen molar-refractivity contribution in [2.24, 2.45) is 0 Å². The zero-order valence-corrected chi connectivity index (χ0v) is 18.9. The van der Waals surface area contributed by atoms with Crippen LogP contribution in [0.1, 0.15) is 32.7 Å². The Morgan fingerprint density at radius 2 is 1.73 bits per heavy atom. The fourth-order valence-electron chi connectivity index (χ4n) is 3.94. The minimum atomic E-state index is -0.212. The molecule has 164 valence electrons. The Hall–Kier alpha value is -4.33. The van der Waals surface area contributed by atoms with E-state index in [4.69, 9.17) is 0 Å². The van der Waals surface area contributed by atoms with E-state index in [2.05, 4.69) is 38.5 Å². The summed E-state index contributed by atoms with van der Waals surface area (Å²) in [5.41, 5.74) is 6.24. The fraction of sp³-hybridized carbons (Fsp3) is 0.160. The van der Waals surface area contributed by atoms with Gasteiger partial charge in [-0.25, -0.2) is 14.6 Å². The van der Waals surface area contributed by atoms with Crippen LogP contribution >= 0.6 is 0 Å². The van der Waals surface area contributed by atoms with E-state index >= 15 is 0 Å². The molecule has 0 saturated heterocycles. The van der Waals surface area contributed by atoms with Crippen LogP contribution in [0.15, 0.2) is 61.1 Å². The third kappa shape index (κ3) is 3.76. The number of nitrogens with one attached hydrogen (secondary N) is 1. The summed E-state index contributed by atoms with van der Waals surface area (Å²) in [5, 5.41) is 12.9. The molecule has 5 rings (SSSR count). The summed E-state index contributed by atoms with van der Waals surface area (Å²) in [7, 11) is 0. The summed E-state index contributed by atoms with van der Waals surface area (Å²) < 4.78 is 3.43. The molecule has 0 unspecified atom stereocenters. The minimum absolute atomic E-state index is 0.212. The molecule has 1 amide bonds. The fourth-order valence-corrected chi connectivity index (χ4v) is 3.94. The van der Waals surface area contributed by atoms with Gasteiger partial charge in [0.15, 0.2) is 11.5 Å². The molecule has 1 N–H and O–H groups in total. The molecule has 8 heteroatoms. The third-order valence-corrected chi connectivity index (χ3v) is 5.48. The van der Waals surface area contributed by atoms with Gasteiger partial charge in [-0.15, -0.1) is 0 Å². The molecule has 5 aromatic rings. The Morgan fingerprint density at radius 1 is 0.909 bits per heavy atom. The highest BCUT2D eigenvalue weighted by Gasteiger charge is 2.18. The largest absolute Gasteiger partial charge is 0.306 e. The Labute approximate surface area is 190 Å². The average Bonchev–Trinajstić information content (AvgIpc) is 3.37. The molecular formula is C25H23N7O. The van der Waals surface area contributed by atoms with Crippen molar-refractivity contribution in [2.45, 2.75) is 27.7 Å². The first-order valence-corrected chi connectivity index (χ1v) is 10.6. The number of fused-ring (bicyclic) bond motifs is 1. The number of anilines is 1. The second-order valence-electron chi connectivity index (χ2n) is 8.19. The van der Waals surface area contributed by atoms with Gasteiger partial charge in [0.25, 0.3) is 5.91 Å². The number of aryl methyl sites for hydroxylation is 4. The molecule has 0 aliphatic rings. The standard InChI is InChI=1S/C25H23N7O/c1-15-6-5-7-19(11-15)25(33)29-22-12-18(4)30-32(22)24-20-13-28-31(23(20)26-14-27-24)21-9-8-16(2)10-17(21)3/h5-14H,1-4H3,(H,29,33). The van der Waals surface area contributed by atoms with Gasteiger partial charge in [-0.3, -0.25) is 4.79 Å². The van der Waals surface area contributed by atoms with Crippen molar-refractivity contribution >= 4 is 22.8 Å². The normalized spacial score (nSPS) is 11.2. The van der Waals surface area contributed by atoms with E-state index in [1.807, 2.05) is 57.2 Å². The lowest BCUT2D eigenvalue weighted by molar-refractivity contribution is 0.102. The number of hydrogen-bond donors (Lipinski definition) is 1. The SMILES string of the molecule is Cc1cccc(C(=O)Nc2cc(C)nn2-c2ncnc3c2cnn3-c2ccc(C)cc2C)c1. The van der Waals surface area contributed by atoms with E-state index in [0.29, 0.717) is 22.8 Å². The van der Waals surface area contributed by atoms with Crippen molar-refractivity contribution in [3.8, 4) is 11.5 Å². The van der Waals surface area contributed by atoms with Crippen molar-refractivity contribution in [1.29, 1.82) is 0 Å². The summed E-state index contributed by atoms with van der Waals surface area (Å²) in [6.07, 6.45) is 3.22. The van der Waals surface area contributed by atoms with Gasteiger partial charge in [0, 0.05) is 11.6 Å². The van der Waals surface area contributed by atoms with Crippen molar-refractivity contribution < 1.29 is 4.79 Å². The zero-order valence-electron chi connectivity index (χ0n) is 18.9. The van der Waals surface area contributed by atoms with E-state index in [9.17, 15) is 4.79 Å². The van der Waals surface area contributed by atoms with Crippen LogP contribution in [-0.2, 0) is 0 Å². The van der Waals surface area contributed by atoms with Gasteiger partial charge in [0.1, 0.15) is 12.1 Å². The quantitative estimate of drug-likeness (QED) is 0.447. The molecule has 2 aromatic carbocycles. The Balaban J connectivity index is 1.58. The number of rotatable bonds is 4. The molecule has 3 aromatic heterocycles. The zero-order chi connectivity index (χ0) is 23.1. The Bertz CT molecular complexity index is 1510. The highest BCUT2D eigenvalue weighted by molar-refractivity contribution is 6.04. The number of hydrogen-bond acceptors (Lipinski definition) is 5. The molecule has 0 bridgehead atoms. The lowest BCUT2D eigenvalue weighted by Crippen LogP contribution is -2.16. The molecule has 0 radical (unpaired) electrons. The summed E-state index contributed by atoms with van der Waals surface area (Å²) in [6, 6.07) is 15.5. The molecule has 0 aliphatic carbocycles. The predicted molar refractivity (Wildman–Crippen MR) is 127 cm³/mol. The van der Waals surface area contributed by atoms with E-state index in [0.717, 1.165) is 27.9 Å². The lowest BCUT2D eigenvalue weighted by Gasteiger charge is -2.10. The molecule has 3 heterocycles. The molecule has 0 fully saturated rings. The Kier molecular flexibility index (Phi) is 4.97. The maximum atomic E-state index is 12.9. The first kappa shape index (κ1) is 20.6. The lowest BCUT2D eigenvalue weighted by atomic mass is 10.1. The van der Waals surface area contributed by atoms with Gasteiger partial charge in [0.05, 0.1) is 23.0 Å². The number of aromatic nitrogens is 6. The van der Waals surface area contributed by atoms with Crippen LogP contribution in [0.5, 0.6) is 0 Å². The van der Waals surface area contributed by atoms with Crippen molar-refractivity contribution in [3.63, 3.8) is 0 Å². The van der Waals surface area contributed by atoms with Gasteiger partial charge in [-0.05, 0) is 51.5 Å². The Morgan fingerprint density at radius 3 is 2.52 bits per heavy atom. The minimum Gasteiger partial charge on any atom is -0.306 e. The molecule has 0 spiro atoms. The smallest absolute Gasteiger partial charge is 0.256 e. The highest BCUT2D eigenvalue weighted by atomic mass is 16.1. The second kappa shape index (κ2) is 7.98. The molecule has 33 heavy (non-hydrogen) atoms. The van der Waals surface area contributed by atoms with E-state index < -0.39 is 0 Å². The van der Waals surface area contributed by atoms with E-state index in [1.165, 1.54) is 11.9 Å². The van der Waals surface area contributed by atoms with Gasteiger partial charge in [-0.1, -0.05) is 35.4 Å². The third-order valence-electron chi connectivity index (χ3n) is 5.48. The van der Waals surface area contributed by atoms with E-state index in [1.54, 1.807) is 21.6 Å². The maximum absolute atomic E-state index is 12.9. The topological polar surface area (TPSA) is 90.5 Å². The maximum Gasteiger partial charge on any atom is 0.256 e. The van der Waals surface area contributed by atoms with E-state index in [-0.39, 0.29) is 5.91 Å². The average molecular weight is 438 g/mol. The molecular weight excluding hydrogens is 414 g/mol. The highest BCUT2D eigenvalue weighted by Crippen LogP contribution is 2.25. The first-order chi connectivity index (χ1) is 15.9. The summed E-state index contributed by atoms with van der Waals surface area (Å²) in [6.45, 7) is 7.94. The van der Waals surface area contributed by atoms with Crippen LogP contribution in [0.2, 0.25) is 0 Å². The first-order valence-electron chi connectivity index (χ1n) is 10.6. The number of amides is 1. The second-order valence-corrected chi connectivity index (χ2v) is 8.19. The summed E-state index contributed by atoms with van der Waals surface area (Å²) >= 11 is 0. The van der Waals surface area contributed by atoms with Crippen LogP contribution in [-0.4, -0.2) is 35.4 Å². The predicted octanol–water partition coefficient (Wildman–Crippen LogP) is 4.49. The van der Waals surface area contributed by atoms with Crippen LogP contribution < -0.4 is 5.32 Å². The number of carbonyl (C=O) groups excluding carboxylic acids is 1.